The molecule has 0 amide bonds. The van der Waals surface area contributed by atoms with Gasteiger partial charge in [0.15, 0.2) is 22.4 Å². The number of alkyl halides is 2. The molecule has 0 radical (unpaired) electrons. The quantitative estimate of drug-likeness (QED) is 0.0822. The normalized spacial score (nSPS) is 37.2. The molecule has 8 nitrogen and oxygen atoms in total. The molecule has 0 aromatic rings. The van der Waals surface area contributed by atoms with E-state index in [4.69, 9.17) is 9.47 Å². The van der Waals surface area contributed by atoms with Crippen LogP contribution >= 0.6 is 45.2 Å². The number of carbonyl (C=O) groups excluding carboxylic acids is 4. The number of halogens is 4. The van der Waals surface area contributed by atoms with Gasteiger partial charge >= 0.3 is 11.9 Å². The van der Waals surface area contributed by atoms with Crippen LogP contribution in [0.2, 0.25) is 0 Å². The van der Waals surface area contributed by atoms with Gasteiger partial charge in [-0.15, -0.1) is 0 Å². The van der Waals surface area contributed by atoms with Gasteiger partial charge in [-0.1, -0.05) is 45.2 Å². The zero-order chi connectivity index (χ0) is 25.4. The van der Waals surface area contributed by atoms with Crippen LogP contribution in [0, 0.1) is 10.8 Å². The number of carbonyl (C=O) groups is 4. The number of esters is 2. The molecule has 3 saturated heterocycles. The summed E-state index contributed by atoms with van der Waals surface area (Å²) >= 11 is 4.76. The minimum absolute atomic E-state index is 0. The monoisotopic (exact) mass is 958 g/mol. The van der Waals surface area contributed by atoms with Crippen molar-refractivity contribution in [3.8, 4) is 0 Å². The molecule has 4 atom stereocenters. The van der Waals surface area contributed by atoms with Gasteiger partial charge in [0.2, 0.25) is 0 Å². The van der Waals surface area contributed by atoms with E-state index >= 15 is 0 Å². The smallest absolute Gasteiger partial charge is 0.325 e. The molecule has 2 spiro atoms. The molecule has 3 heterocycles. The van der Waals surface area contributed by atoms with Crippen LogP contribution < -0.4 is 48.0 Å². The summed E-state index contributed by atoms with van der Waals surface area (Å²) in [6, 6.07) is 0.412. The van der Waals surface area contributed by atoms with E-state index in [1.807, 2.05) is 0 Å². The SMILES string of the molecule is CCOC(=O)C1(C(C)=O)CC(CI)[N+]2(CC[N+]3(CC2)CC(C(C)=O)(C(=O)OCC)CC3CI)C1.[I-].[I-]. The van der Waals surface area contributed by atoms with Crippen molar-refractivity contribution >= 4 is 68.7 Å². The topological polar surface area (TPSA) is 86.7 Å². The van der Waals surface area contributed by atoms with Crippen molar-refractivity contribution in [2.45, 2.75) is 52.6 Å². The fourth-order valence-electron chi connectivity index (χ4n) is 6.75. The van der Waals surface area contributed by atoms with E-state index in [9.17, 15) is 19.2 Å². The summed E-state index contributed by atoms with van der Waals surface area (Å²) in [4.78, 5) is 51.6. The predicted molar refractivity (Wildman–Crippen MR) is 144 cm³/mol. The number of Topliss-reactive ketones (excluding diaryl/α,β-unsaturated/α-hetero) is 2. The molecule has 0 bridgehead atoms. The molecule has 0 N–H and O–H groups in total. The lowest BCUT2D eigenvalue weighted by Gasteiger charge is -2.51. The van der Waals surface area contributed by atoms with Crippen molar-refractivity contribution in [2.24, 2.45) is 10.8 Å². The number of nitrogens with zero attached hydrogens (tertiary/aromatic N) is 2. The molecule has 3 fully saturated rings. The average Bonchev–Trinajstić information content (AvgIpc) is 3.31. The zero-order valence-corrected chi connectivity index (χ0v) is 30.1. The van der Waals surface area contributed by atoms with Crippen LogP contribution in [0.3, 0.4) is 0 Å². The minimum Gasteiger partial charge on any atom is -1.00 e. The van der Waals surface area contributed by atoms with Crippen LogP contribution in [0.5, 0.6) is 0 Å². The average molecular weight is 958 g/mol. The summed E-state index contributed by atoms with van der Waals surface area (Å²) in [5.74, 6) is -0.971. The Hall–Kier alpha value is 1.12. The second kappa shape index (κ2) is 13.7. The Morgan fingerprint density at radius 1 is 0.722 bits per heavy atom. The Bertz CT molecular complexity index is 782. The lowest BCUT2D eigenvalue weighted by Crippen LogP contribution is -3.00. The van der Waals surface area contributed by atoms with Gasteiger partial charge in [0.1, 0.15) is 51.4 Å². The summed E-state index contributed by atoms with van der Waals surface area (Å²) in [6.45, 7) is 11.4. The van der Waals surface area contributed by atoms with Crippen LogP contribution in [-0.2, 0) is 28.7 Å². The van der Waals surface area contributed by atoms with E-state index in [1.165, 1.54) is 13.8 Å². The maximum Gasteiger partial charge on any atom is 0.325 e. The third kappa shape index (κ3) is 5.92. The van der Waals surface area contributed by atoms with Crippen molar-refractivity contribution in [1.29, 1.82) is 0 Å². The van der Waals surface area contributed by atoms with Crippen molar-refractivity contribution in [3.05, 3.63) is 0 Å². The fraction of sp³-hybridized carbons (Fsp3) is 0.833. The lowest BCUT2D eigenvalue weighted by molar-refractivity contribution is -1.04. The highest BCUT2D eigenvalue weighted by Gasteiger charge is 2.68. The number of ketones is 2. The third-order valence-electron chi connectivity index (χ3n) is 8.90. The van der Waals surface area contributed by atoms with Crippen LogP contribution in [0.25, 0.3) is 0 Å². The van der Waals surface area contributed by atoms with Gasteiger partial charge in [-0.2, -0.15) is 0 Å². The standard InChI is InChI=1S/C24H38I2N2O6.2HI/c1-5-33-21(31)23(17(3)29)11-19(13-25)27(15-23)7-9-28(10-8-27)16-24(18(4)30,12-20(28)14-26)22(32)34-6-2;;/h19-20H,5-16H2,1-4H3;2*1H/q+2;;/p-2. The van der Waals surface area contributed by atoms with E-state index in [0.29, 0.717) is 25.9 Å². The molecule has 208 valence electrons. The summed E-state index contributed by atoms with van der Waals surface area (Å²) in [5.41, 5.74) is -2.15. The largest absolute Gasteiger partial charge is 1.00 e. The molecule has 0 aromatic heterocycles. The first-order valence-electron chi connectivity index (χ1n) is 12.2. The van der Waals surface area contributed by atoms with Crippen LogP contribution in [0.1, 0.15) is 40.5 Å². The van der Waals surface area contributed by atoms with Gasteiger partial charge in [-0.05, 0) is 27.7 Å². The summed E-state index contributed by atoms with van der Waals surface area (Å²) in [5, 5.41) is 0. The van der Waals surface area contributed by atoms with Crippen molar-refractivity contribution in [3.63, 3.8) is 0 Å². The first-order valence-corrected chi connectivity index (χ1v) is 15.3. The highest BCUT2D eigenvalue weighted by molar-refractivity contribution is 14.1. The highest BCUT2D eigenvalue weighted by Crippen LogP contribution is 2.48. The molecule has 3 rings (SSSR count). The molecular weight excluding hydrogens is 920 g/mol. The van der Waals surface area contributed by atoms with Crippen molar-refractivity contribution in [1.82, 2.24) is 0 Å². The van der Waals surface area contributed by atoms with E-state index in [1.54, 1.807) is 13.8 Å². The first kappa shape index (κ1) is 35.1. The minimum atomic E-state index is -1.07. The number of hydrogen-bond acceptors (Lipinski definition) is 6. The van der Waals surface area contributed by atoms with Gasteiger partial charge in [0.25, 0.3) is 0 Å². The van der Waals surface area contributed by atoms with E-state index in [-0.39, 0.29) is 96.8 Å². The second-order valence-electron chi connectivity index (χ2n) is 10.4. The van der Waals surface area contributed by atoms with Gasteiger partial charge in [-0.3, -0.25) is 19.2 Å². The molecule has 0 saturated carbocycles. The summed E-state index contributed by atoms with van der Waals surface area (Å²) < 4.78 is 14.0. The molecule has 12 heteroatoms. The van der Waals surface area contributed by atoms with Crippen molar-refractivity contribution in [2.75, 3.05) is 61.3 Å². The van der Waals surface area contributed by atoms with Crippen LogP contribution in [0.4, 0.5) is 0 Å². The van der Waals surface area contributed by atoms with E-state index < -0.39 is 10.8 Å². The van der Waals surface area contributed by atoms with E-state index in [2.05, 4.69) is 45.2 Å². The Labute approximate surface area is 276 Å². The van der Waals surface area contributed by atoms with Gasteiger partial charge in [-0.25, -0.2) is 0 Å². The number of hydrogen-bond donors (Lipinski definition) is 0. The van der Waals surface area contributed by atoms with Gasteiger partial charge < -0.3 is 66.4 Å². The van der Waals surface area contributed by atoms with Gasteiger partial charge in [0, 0.05) is 12.8 Å². The van der Waals surface area contributed by atoms with Crippen LogP contribution in [0.15, 0.2) is 0 Å². The maximum atomic E-state index is 13.0. The first-order chi connectivity index (χ1) is 16.0. The molecule has 3 aliphatic rings. The number of piperazine rings is 1. The molecule has 36 heavy (non-hydrogen) atoms. The number of ether oxygens (including phenoxy) is 2. The Kier molecular flexibility index (Phi) is 13.3. The fourth-order valence-corrected chi connectivity index (χ4v) is 9.05. The molecule has 0 aliphatic carbocycles. The number of rotatable bonds is 8. The zero-order valence-electron chi connectivity index (χ0n) is 21.5. The number of quaternary nitrogens is 2. The second-order valence-corrected chi connectivity index (χ2v) is 12.2. The third-order valence-corrected chi connectivity index (χ3v) is 10.9. The predicted octanol–water partition coefficient (Wildman–Crippen LogP) is -3.67. The Morgan fingerprint density at radius 3 is 1.25 bits per heavy atom. The molecule has 3 aliphatic heterocycles. The molecular formula is C24H38I4N2O6. The highest BCUT2D eigenvalue weighted by atomic mass is 127. The van der Waals surface area contributed by atoms with E-state index in [0.717, 1.165) is 44.0 Å². The van der Waals surface area contributed by atoms with Crippen molar-refractivity contribution < 1.29 is 85.6 Å². The summed E-state index contributed by atoms with van der Waals surface area (Å²) in [7, 11) is 0. The maximum absolute atomic E-state index is 13.0. The summed E-state index contributed by atoms with van der Waals surface area (Å²) in [6.07, 6.45) is 1.06. The molecule has 4 unspecified atom stereocenters. The lowest BCUT2D eigenvalue weighted by atomic mass is 9.82. The Balaban J connectivity index is 0.00000324. The van der Waals surface area contributed by atoms with Crippen LogP contribution in [-0.4, -0.2) is 106 Å². The molecule has 0 aromatic carbocycles. The Morgan fingerprint density at radius 2 is 1.03 bits per heavy atom. The van der Waals surface area contributed by atoms with Gasteiger partial charge in [0.05, 0.1) is 22.1 Å².